The Labute approximate surface area is 365 Å². The molecule has 3 saturated heterocycles. The number of ether oxygens (including phenoxy) is 5. The molecule has 0 aromatic carbocycles. The number of hydrogen-bond acceptors (Lipinski definition) is 14. The van der Waals surface area contributed by atoms with Crippen LogP contribution in [-0.4, -0.2) is 142 Å². The van der Waals surface area contributed by atoms with Crippen LogP contribution in [0.4, 0.5) is 9.18 Å². The molecule has 0 radical (unpaired) electrons. The smallest absolute Gasteiger partial charge is 0.410 e. The lowest BCUT2D eigenvalue weighted by atomic mass is 9.73. The molecule has 3 aliphatic heterocycles. The predicted molar refractivity (Wildman–Crippen MR) is 228 cm³/mol. The van der Waals surface area contributed by atoms with E-state index in [9.17, 15) is 23.9 Å². The molecule has 14 atom stereocenters. The Bertz CT molecular complexity index is 1900. The van der Waals surface area contributed by atoms with Gasteiger partial charge in [-0.05, 0) is 86.9 Å². The van der Waals surface area contributed by atoms with Crippen molar-refractivity contribution in [2.24, 2.45) is 28.8 Å². The molecule has 1 unspecified atom stereocenters. The maximum Gasteiger partial charge on any atom is 0.410 e. The third kappa shape index (κ3) is 10.2. The number of hydrogen-bond donors (Lipinski definition) is 1. The molecule has 346 valence electrons. The minimum atomic E-state index is -1.36. The lowest BCUT2D eigenvalue weighted by Gasteiger charge is -2.47. The second-order valence-corrected chi connectivity index (χ2v) is 18.3. The fraction of sp³-hybridized carbons (Fsp3) is 0.733. The molecule has 5 rings (SSSR count). The van der Waals surface area contributed by atoms with Crippen molar-refractivity contribution in [1.29, 1.82) is 0 Å². The number of oxime groups is 1. The van der Waals surface area contributed by atoms with Gasteiger partial charge >= 0.3 is 12.1 Å². The Kier molecular flexibility index (Phi) is 16.0. The monoisotopic (exact) mass is 873 g/mol. The number of pyridine rings is 1. The first kappa shape index (κ1) is 49.0. The summed E-state index contributed by atoms with van der Waals surface area (Å²) in [5.41, 5.74) is -0.808. The number of methoxy groups -OCH3 is 1. The van der Waals surface area contributed by atoms with Crippen LogP contribution in [0.5, 0.6) is 0 Å². The van der Waals surface area contributed by atoms with Gasteiger partial charge in [-0.3, -0.25) is 14.6 Å². The standard InChI is InChI=1S/C45H69FN6O10/c1-14-35-45(9)39(52(43(56)62-45)17-15-16-26(3)51-23-33(48-24-51)31-19-32(46)22-47-21-31)28(5)36(49-58-13)25(2)20-44(8,57-12)40(29(6)37(53)30(7)41(55)60-35)61-42-38(54)34(50(10)11)18-27(4)59-42/h19,21-30,34-35,38-40,42,54H,14-18,20H2,1-13H3/b49-36+/t25-,26-,27-,28+,29+,30-,34+,35-,38-,39+,40-,42?,44-,45-/m1/s1. The van der Waals surface area contributed by atoms with Gasteiger partial charge in [-0.2, -0.15) is 0 Å². The van der Waals surface area contributed by atoms with Crippen molar-refractivity contribution in [1.82, 2.24) is 24.3 Å². The van der Waals surface area contributed by atoms with E-state index in [0.29, 0.717) is 42.8 Å². The molecular formula is C45H69FN6O10. The fourth-order valence-corrected chi connectivity index (χ4v) is 9.98. The van der Waals surface area contributed by atoms with Gasteiger partial charge in [-0.25, -0.2) is 14.2 Å². The summed E-state index contributed by atoms with van der Waals surface area (Å²) in [5, 5.41) is 16.1. The third-order valence-corrected chi connectivity index (χ3v) is 13.5. The van der Waals surface area contributed by atoms with Crippen LogP contribution in [-0.2, 0) is 38.1 Å². The van der Waals surface area contributed by atoms with Gasteiger partial charge in [-0.15, -0.1) is 0 Å². The number of carbonyl (C=O) groups excluding carboxylic acids is 3. The van der Waals surface area contributed by atoms with E-state index in [1.165, 1.54) is 20.1 Å². The molecule has 2 aromatic heterocycles. The number of esters is 1. The SMILES string of the molecule is CC[C@H]1OC(=O)[C@H](C)C(=O)[C@H](C)[C@@H](OC2O[C@H](C)C[C@H](N(C)C)[C@H]2O)[C@](C)(OC)C[C@@H](C)/C(=N\OC)[C@H](C)[C@@H]2N(CCC[C@@H](C)n3cnc(-c4cncc(F)c4)c3)C(=O)O[C@@]21C. The highest BCUT2D eigenvalue weighted by Crippen LogP contribution is 2.43. The summed E-state index contributed by atoms with van der Waals surface area (Å²) >= 11 is 0. The van der Waals surface area contributed by atoms with E-state index in [1.807, 2.05) is 71.3 Å². The molecule has 1 amide bonds. The van der Waals surface area contributed by atoms with Crippen LogP contribution in [0.15, 0.2) is 36.1 Å². The quantitative estimate of drug-likeness (QED) is 0.148. The number of carbonyl (C=O) groups is 3. The second-order valence-electron chi connectivity index (χ2n) is 18.3. The molecular weight excluding hydrogens is 804 g/mol. The Morgan fingerprint density at radius 3 is 2.44 bits per heavy atom. The summed E-state index contributed by atoms with van der Waals surface area (Å²) in [5.74, 6) is -4.70. The fourth-order valence-electron chi connectivity index (χ4n) is 9.98. The normalized spacial score (nSPS) is 36.3. The first-order valence-electron chi connectivity index (χ1n) is 21.9. The number of aromatic nitrogens is 3. The van der Waals surface area contributed by atoms with Gasteiger partial charge in [0.25, 0.3) is 0 Å². The van der Waals surface area contributed by atoms with E-state index in [0.717, 1.165) is 6.20 Å². The van der Waals surface area contributed by atoms with E-state index in [4.69, 9.17) is 28.5 Å². The number of halogens is 1. The molecule has 5 heterocycles. The van der Waals surface area contributed by atoms with Gasteiger partial charge in [0.1, 0.15) is 31.1 Å². The number of rotatable bonds is 12. The lowest BCUT2D eigenvalue weighted by Crippen LogP contribution is -2.60. The highest BCUT2D eigenvalue weighted by Gasteiger charge is 2.60. The Morgan fingerprint density at radius 1 is 1.10 bits per heavy atom. The minimum Gasteiger partial charge on any atom is -0.458 e. The number of Topliss-reactive ketones (excluding diaryl/α,β-unsaturated/α-hetero) is 1. The van der Waals surface area contributed by atoms with Crippen molar-refractivity contribution in [3.8, 4) is 11.3 Å². The van der Waals surface area contributed by atoms with Gasteiger partial charge in [0.2, 0.25) is 0 Å². The second kappa shape index (κ2) is 20.2. The van der Waals surface area contributed by atoms with Gasteiger partial charge < -0.3 is 48.0 Å². The van der Waals surface area contributed by atoms with Crippen LogP contribution in [0.3, 0.4) is 0 Å². The summed E-state index contributed by atoms with van der Waals surface area (Å²) in [7, 11) is 6.77. The summed E-state index contributed by atoms with van der Waals surface area (Å²) < 4.78 is 47.6. The number of ketones is 1. The lowest BCUT2D eigenvalue weighted by molar-refractivity contribution is -0.295. The van der Waals surface area contributed by atoms with Crippen molar-refractivity contribution in [3.63, 3.8) is 0 Å². The highest BCUT2D eigenvalue weighted by atomic mass is 19.1. The number of aliphatic hydroxyl groups excluding tert-OH is 1. The molecule has 0 bridgehead atoms. The van der Waals surface area contributed by atoms with Crippen LogP contribution in [0, 0.1) is 29.5 Å². The number of fused-ring (bicyclic) bond motifs is 1. The third-order valence-electron chi connectivity index (χ3n) is 13.5. The number of likely N-dealkylation sites (N-methyl/N-ethyl adjacent to an activating group) is 1. The minimum absolute atomic E-state index is 0.0282. The summed E-state index contributed by atoms with van der Waals surface area (Å²) in [6.07, 6.45) is 3.68. The van der Waals surface area contributed by atoms with Crippen molar-refractivity contribution < 1.29 is 52.4 Å². The average molecular weight is 873 g/mol. The molecule has 16 nitrogen and oxygen atoms in total. The van der Waals surface area contributed by atoms with Crippen LogP contribution in [0.1, 0.15) is 100 Å². The topological polar surface area (TPSA) is 176 Å². The van der Waals surface area contributed by atoms with Crippen LogP contribution in [0.2, 0.25) is 0 Å². The maximum atomic E-state index is 14.5. The van der Waals surface area contributed by atoms with E-state index in [2.05, 4.69) is 15.1 Å². The van der Waals surface area contributed by atoms with Crippen molar-refractivity contribution in [2.75, 3.05) is 34.9 Å². The number of imidazole rings is 1. The van der Waals surface area contributed by atoms with E-state index >= 15 is 0 Å². The van der Waals surface area contributed by atoms with Crippen LogP contribution >= 0.6 is 0 Å². The molecule has 3 aliphatic rings. The largest absolute Gasteiger partial charge is 0.458 e. The van der Waals surface area contributed by atoms with E-state index in [1.54, 1.807) is 38.4 Å². The van der Waals surface area contributed by atoms with Gasteiger partial charge in [0, 0.05) is 61.4 Å². The number of aliphatic hydroxyl groups is 1. The van der Waals surface area contributed by atoms with Crippen molar-refractivity contribution >= 4 is 23.6 Å². The van der Waals surface area contributed by atoms with Crippen molar-refractivity contribution in [2.45, 2.75) is 154 Å². The highest BCUT2D eigenvalue weighted by molar-refractivity contribution is 6.00. The van der Waals surface area contributed by atoms with Gasteiger partial charge in [-0.1, -0.05) is 32.9 Å². The zero-order chi connectivity index (χ0) is 45.8. The number of cyclic esters (lactones) is 1. The summed E-state index contributed by atoms with van der Waals surface area (Å²) in [6, 6.07) is 0.390. The van der Waals surface area contributed by atoms with Crippen LogP contribution in [0.25, 0.3) is 11.3 Å². The first-order chi connectivity index (χ1) is 29.2. The molecule has 1 N–H and O–H groups in total. The zero-order valence-electron chi connectivity index (χ0n) is 38.7. The first-order valence-corrected chi connectivity index (χ1v) is 21.9. The zero-order valence-corrected chi connectivity index (χ0v) is 38.7. The molecule has 17 heteroatoms. The van der Waals surface area contributed by atoms with Crippen molar-refractivity contribution in [3.05, 3.63) is 36.8 Å². The molecule has 2 aromatic rings. The Hall–Kier alpha value is -4.03. The van der Waals surface area contributed by atoms with E-state index < -0.39 is 83.3 Å². The molecule has 0 aliphatic carbocycles. The molecule has 0 saturated carbocycles. The van der Waals surface area contributed by atoms with Crippen LogP contribution < -0.4 is 0 Å². The Balaban J connectivity index is 1.49. The average Bonchev–Trinajstić information content (AvgIpc) is 3.83. The molecule has 3 fully saturated rings. The maximum absolute atomic E-state index is 14.5. The van der Waals surface area contributed by atoms with Gasteiger partial charge in [0.15, 0.2) is 17.7 Å². The summed E-state index contributed by atoms with van der Waals surface area (Å²) in [6.45, 7) is 16.9. The predicted octanol–water partition coefficient (Wildman–Crippen LogP) is 6.06. The number of nitrogens with zero attached hydrogens (tertiary/aromatic N) is 6. The van der Waals surface area contributed by atoms with Gasteiger partial charge in [0.05, 0.1) is 47.8 Å². The Morgan fingerprint density at radius 2 is 1.81 bits per heavy atom. The summed E-state index contributed by atoms with van der Waals surface area (Å²) in [4.78, 5) is 60.2. The molecule has 0 spiro atoms. The number of amides is 1. The van der Waals surface area contributed by atoms with E-state index in [-0.39, 0.29) is 36.9 Å². The molecule has 62 heavy (non-hydrogen) atoms.